The Hall–Kier alpha value is -1.59. The van der Waals surface area contributed by atoms with E-state index in [-0.39, 0.29) is 12.1 Å². The summed E-state index contributed by atoms with van der Waals surface area (Å²) in [5.41, 5.74) is 0.685. The van der Waals surface area contributed by atoms with Crippen molar-refractivity contribution in [2.24, 2.45) is 5.92 Å². The lowest BCUT2D eigenvalue weighted by Gasteiger charge is -2.33. The maximum Gasteiger partial charge on any atom is 0.410 e. The van der Waals surface area contributed by atoms with E-state index in [1.54, 1.807) is 4.90 Å². The molecule has 0 aliphatic carbocycles. The molecule has 0 radical (unpaired) electrons. The van der Waals surface area contributed by atoms with Crippen LogP contribution < -0.4 is 0 Å². The van der Waals surface area contributed by atoms with Crippen LogP contribution in [-0.2, 0) is 11.3 Å². The molecular weight excluding hydrogens is 328 g/mol. The molecule has 1 aromatic rings. The van der Waals surface area contributed by atoms with E-state index in [0.717, 1.165) is 13.0 Å². The van der Waals surface area contributed by atoms with E-state index in [2.05, 4.69) is 30.9 Å². The van der Waals surface area contributed by atoms with Gasteiger partial charge in [-0.2, -0.15) is 0 Å². The van der Waals surface area contributed by atoms with Gasteiger partial charge in [0.1, 0.15) is 5.60 Å². The van der Waals surface area contributed by atoms with Crippen molar-refractivity contribution in [3.05, 3.63) is 35.9 Å². The third kappa shape index (κ3) is 6.61. The molecule has 2 unspecified atom stereocenters. The number of nitrogens with zero attached hydrogens (tertiary/aromatic N) is 2. The smallest absolute Gasteiger partial charge is 0.410 e. The Morgan fingerprint density at radius 3 is 2.42 bits per heavy atom. The highest BCUT2D eigenvalue weighted by Gasteiger charge is 2.33. The molecule has 0 aromatic heterocycles. The summed E-state index contributed by atoms with van der Waals surface area (Å²) in [6.07, 6.45) is 0.0500. The molecule has 2 rings (SSSR count). The molecule has 1 saturated heterocycles. The second-order valence-corrected chi connectivity index (χ2v) is 8.74. The summed E-state index contributed by atoms with van der Waals surface area (Å²) < 4.78 is 5.55. The zero-order chi connectivity index (χ0) is 19.3. The van der Waals surface area contributed by atoms with Crippen molar-refractivity contribution in [3.63, 3.8) is 0 Å². The highest BCUT2D eigenvalue weighted by molar-refractivity contribution is 5.68. The second kappa shape index (κ2) is 8.87. The first kappa shape index (κ1) is 20.7. The summed E-state index contributed by atoms with van der Waals surface area (Å²) in [4.78, 5) is 16.6. The van der Waals surface area contributed by atoms with Crippen LogP contribution in [0.1, 0.15) is 46.6 Å². The molecule has 0 saturated carbocycles. The SMILES string of the molecule is CC(C)CC1CN(C(=O)OC(C)(C)C)CC(O)CN1Cc1ccccc1. The van der Waals surface area contributed by atoms with Crippen LogP contribution in [0.5, 0.6) is 0 Å². The van der Waals surface area contributed by atoms with Crippen LogP contribution in [0.2, 0.25) is 0 Å². The van der Waals surface area contributed by atoms with Crippen LogP contribution in [0, 0.1) is 5.92 Å². The Balaban J connectivity index is 2.17. The summed E-state index contributed by atoms with van der Waals surface area (Å²) in [5.74, 6) is 0.508. The first-order chi connectivity index (χ1) is 12.1. The van der Waals surface area contributed by atoms with Gasteiger partial charge in [-0.3, -0.25) is 4.90 Å². The lowest BCUT2D eigenvalue weighted by Crippen LogP contribution is -2.44. The highest BCUT2D eigenvalue weighted by atomic mass is 16.6. The zero-order valence-electron chi connectivity index (χ0n) is 16.8. The van der Waals surface area contributed by atoms with Crippen LogP contribution in [-0.4, -0.2) is 58.4 Å². The number of ether oxygens (including phenoxy) is 1. The summed E-state index contributed by atoms with van der Waals surface area (Å²) in [6, 6.07) is 10.5. The van der Waals surface area contributed by atoms with E-state index in [4.69, 9.17) is 4.74 Å². The lowest BCUT2D eigenvalue weighted by atomic mass is 10.0. The summed E-state index contributed by atoms with van der Waals surface area (Å²) in [7, 11) is 0. The van der Waals surface area contributed by atoms with E-state index in [9.17, 15) is 9.90 Å². The molecule has 1 N–H and O–H groups in total. The van der Waals surface area contributed by atoms with Gasteiger partial charge in [0.05, 0.1) is 12.6 Å². The van der Waals surface area contributed by atoms with Gasteiger partial charge in [0.15, 0.2) is 0 Å². The fourth-order valence-electron chi connectivity index (χ4n) is 3.43. The maximum absolute atomic E-state index is 12.6. The number of aliphatic hydroxyl groups excluding tert-OH is 1. The van der Waals surface area contributed by atoms with Crippen molar-refractivity contribution in [3.8, 4) is 0 Å². The van der Waals surface area contributed by atoms with Crippen molar-refractivity contribution in [2.75, 3.05) is 19.6 Å². The van der Waals surface area contributed by atoms with E-state index >= 15 is 0 Å². The average Bonchev–Trinajstić information content (AvgIpc) is 2.65. The topological polar surface area (TPSA) is 53.0 Å². The number of amides is 1. The Bertz CT molecular complexity index is 568. The van der Waals surface area contributed by atoms with E-state index < -0.39 is 11.7 Å². The minimum absolute atomic E-state index is 0.194. The number of carbonyl (C=O) groups is 1. The Morgan fingerprint density at radius 2 is 1.85 bits per heavy atom. The van der Waals surface area contributed by atoms with Gasteiger partial charge in [0.2, 0.25) is 0 Å². The Morgan fingerprint density at radius 1 is 1.19 bits per heavy atom. The van der Waals surface area contributed by atoms with Crippen molar-refractivity contribution in [2.45, 2.75) is 65.3 Å². The van der Waals surface area contributed by atoms with E-state index in [0.29, 0.717) is 25.6 Å². The molecule has 1 fully saturated rings. The molecule has 1 aliphatic rings. The van der Waals surface area contributed by atoms with Crippen LogP contribution in [0.15, 0.2) is 30.3 Å². The number of benzene rings is 1. The zero-order valence-corrected chi connectivity index (χ0v) is 16.8. The van der Waals surface area contributed by atoms with Gasteiger partial charge in [0.25, 0.3) is 0 Å². The molecule has 2 atom stereocenters. The van der Waals surface area contributed by atoms with Gasteiger partial charge in [-0.15, -0.1) is 0 Å². The third-order valence-electron chi connectivity index (χ3n) is 4.45. The molecule has 0 spiro atoms. The summed E-state index contributed by atoms with van der Waals surface area (Å²) in [6.45, 7) is 12.2. The standard InChI is InChI=1S/C21H34N2O3/c1-16(2)11-18-13-23(20(25)26-21(3,4)5)15-19(24)14-22(18)12-17-9-7-6-8-10-17/h6-10,16,18-19,24H,11-15H2,1-5H3. The normalized spacial score (nSPS) is 22.3. The van der Waals surface area contributed by atoms with Crippen molar-refractivity contribution in [1.29, 1.82) is 0 Å². The quantitative estimate of drug-likeness (QED) is 0.890. The number of hydrogen-bond donors (Lipinski definition) is 1. The summed E-state index contributed by atoms with van der Waals surface area (Å²) >= 11 is 0. The van der Waals surface area contributed by atoms with Gasteiger partial charge in [-0.1, -0.05) is 44.2 Å². The van der Waals surface area contributed by atoms with Crippen LogP contribution in [0.3, 0.4) is 0 Å². The molecular formula is C21H34N2O3. The molecule has 1 amide bonds. The number of hydrogen-bond acceptors (Lipinski definition) is 4. The molecule has 1 aliphatic heterocycles. The maximum atomic E-state index is 12.6. The molecule has 0 bridgehead atoms. The Kier molecular flexibility index (Phi) is 7.07. The van der Waals surface area contributed by atoms with Gasteiger partial charge in [0, 0.05) is 25.7 Å². The molecule has 1 aromatic carbocycles. The first-order valence-electron chi connectivity index (χ1n) is 9.58. The Labute approximate surface area is 157 Å². The van der Waals surface area contributed by atoms with Crippen molar-refractivity contribution >= 4 is 6.09 Å². The van der Waals surface area contributed by atoms with Crippen LogP contribution >= 0.6 is 0 Å². The molecule has 1 heterocycles. The van der Waals surface area contributed by atoms with E-state index in [1.807, 2.05) is 39.0 Å². The second-order valence-electron chi connectivity index (χ2n) is 8.74. The number of β-amino-alcohol motifs (C(OH)–C–C–N with tert-alkyl or cyclic N) is 1. The number of carbonyl (C=O) groups excluding carboxylic acids is 1. The lowest BCUT2D eigenvalue weighted by molar-refractivity contribution is 0.0171. The minimum Gasteiger partial charge on any atom is -0.444 e. The summed E-state index contributed by atoms with van der Waals surface area (Å²) in [5, 5.41) is 10.5. The van der Waals surface area contributed by atoms with E-state index in [1.165, 1.54) is 5.56 Å². The van der Waals surface area contributed by atoms with Gasteiger partial charge < -0.3 is 14.7 Å². The molecule has 5 nitrogen and oxygen atoms in total. The number of aliphatic hydroxyl groups is 1. The predicted octanol–water partition coefficient (Wildman–Crippen LogP) is 3.51. The predicted molar refractivity (Wildman–Crippen MR) is 104 cm³/mol. The minimum atomic E-state index is -0.580. The molecule has 5 heteroatoms. The highest BCUT2D eigenvalue weighted by Crippen LogP contribution is 2.21. The average molecular weight is 363 g/mol. The first-order valence-corrected chi connectivity index (χ1v) is 9.58. The monoisotopic (exact) mass is 362 g/mol. The number of rotatable bonds is 4. The fraction of sp³-hybridized carbons (Fsp3) is 0.667. The fourth-order valence-corrected chi connectivity index (χ4v) is 3.43. The van der Waals surface area contributed by atoms with Gasteiger partial charge in [-0.05, 0) is 38.7 Å². The molecule has 26 heavy (non-hydrogen) atoms. The molecule has 146 valence electrons. The van der Waals surface area contributed by atoms with Crippen molar-refractivity contribution < 1.29 is 14.6 Å². The largest absolute Gasteiger partial charge is 0.444 e. The van der Waals surface area contributed by atoms with Gasteiger partial charge in [-0.25, -0.2) is 4.79 Å². The van der Waals surface area contributed by atoms with Gasteiger partial charge >= 0.3 is 6.09 Å². The van der Waals surface area contributed by atoms with Crippen LogP contribution in [0.4, 0.5) is 4.79 Å². The van der Waals surface area contributed by atoms with Crippen molar-refractivity contribution in [1.82, 2.24) is 9.80 Å². The third-order valence-corrected chi connectivity index (χ3v) is 4.45. The van der Waals surface area contributed by atoms with Crippen LogP contribution in [0.25, 0.3) is 0 Å².